The van der Waals surface area contributed by atoms with Crippen molar-refractivity contribution >= 4 is 5.91 Å². The predicted molar refractivity (Wildman–Crippen MR) is 130 cm³/mol. The molecule has 3 aromatic carbocycles. The minimum atomic E-state index is -0.402. The Labute approximate surface area is 201 Å². The van der Waals surface area contributed by atoms with Crippen LogP contribution in [0.2, 0.25) is 0 Å². The molecule has 0 saturated carbocycles. The van der Waals surface area contributed by atoms with E-state index in [9.17, 15) is 9.18 Å². The first-order valence-electron chi connectivity index (χ1n) is 11.0. The van der Waals surface area contributed by atoms with Gasteiger partial charge < -0.3 is 14.6 Å². The third-order valence-corrected chi connectivity index (χ3v) is 5.59. The highest BCUT2D eigenvalue weighted by atomic mass is 19.1. The SMILES string of the molecule is COc1ccccc1-c1nn(-c2ccccc2)cc1C(=O)NCc1ccc(-n2ccnc2)c(F)c1. The molecule has 0 bridgehead atoms. The summed E-state index contributed by atoms with van der Waals surface area (Å²) in [5.74, 6) is -0.120. The van der Waals surface area contributed by atoms with Crippen molar-refractivity contribution in [1.82, 2.24) is 24.6 Å². The second-order valence-electron chi connectivity index (χ2n) is 7.81. The highest BCUT2D eigenvalue weighted by Gasteiger charge is 2.21. The normalized spacial score (nSPS) is 10.8. The lowest BCUT2D eigenvalue weighted by molar-refractivity contribution is 0.0951. The maximum Gasteiger partial charge on any atom is 0.255 e. The number of carbonyl (C=O) groups is 1. The quantitative estimate of drug-likeness (QED) is 0.373. The summed E-state index contributed by atoms with van der Waals surface area (Å²) in [5, 5.41) is 7.59. The van der Waals surface area contributed by atoms with E-state index >= 15 is 0 Å². The third-order valence-electron chi connectivity index (χ3n) is 5.59. The van der Waals surface area contributed by atoms with E-state index in [2.05, 4.69) is 10.3 Å². The van der Waals surface area contributed by atoms with Gasteiger partial charge in [0.2, 0.25) is 0 Å². The smallest absolute Gasteiger partial charge is 0.255 e. The van der Waals surface area contributed by atoms with E-state index < -0.39 is 5.82 Å². The maximum atomic E-state index is 14.6. The van der Waals surface area contributed by atoms with Crippen LogP contribution in [0.4, 0.5) is 4.39 Å². The van der Waals surface area contributed by atoms with Crippen LogP contribution in [-0.2, 0) is 6.54 Å². The molecule has 8 heteroatoms. The lowest BCUT2D eigenvalue weighted by atomic mass is 10.1. The Bertz CT molecular complexity index is 1460. The number of hydrogen-bond donors (Lipinski definition) is 1. The van der Waals surface area contributed by atoms with Crippen molar-refractivity contribution in [2.75, 3.05) is 7.11 Å². The molecule has 5 aromatic rings. The van der Waals surface area contributed by atoms with Crippen molar-refractivity contribution in [3.05, 3.63) is 115 Å². The van der Waals surface area contributed by atoms with Crippen LogP contribution in [0, 0.1) is 5.82 Å². The lowest BCUT2D eigenvalue weighted by Crippen LogP contribution is -2.23. The van der Waals surface area contributed by atoms with Crippen molar-refractivity contribution in [2.24, 2.45) is 0 Å². The molecule has 2 aromatic heterocycles. The van der Waals surface area contributed by atoms with Gasteiger partial charge in [-0.1, -0.05) is 36.4 Å². The van der Waals surface area contributed by atoms with E-state index in [0.29, 0.717) is 33.8 Å². The number of carbonyl (C=O) groups excluding carboxylic acids is 1. The molecule has 1 N–H and O–H groups in total. The van der Waals surface area contributed by atoms with E-state index in [1.54, 1.807) is 47.1 Å². The first kappa shape index (κ1) is 22.1. The molecule has 35 heavy (non-hydrogen) atoms. The van der Waals surface area contributed by atoms with Gasteiger partial charge in [-0.05, 0) is 42.0 Å². The number of rotatable bonds is 7. The summed E-state index contributed by atoms with van der Waals surface area (Å²) in [6, 6.07) is 21.8. The summed E-state index contributed by atoms with van der Waals surface area (Å²) < 4.78 is 23.4. The Kier molecular flexibility index (Phi) is 6.09. The topological polar surface area (TPSA) is 74.0 Å². The van der Waals surface area contributed by atoms with Gasteiger partial charge in [-0.3, -0.25) is 4.79 Å². The Balaban J connectivity index is 1.44. The predicted octanol–water partition coefficient (Wildman–Crippen LogP) is 4.80. The highest BCUT2D eigenvalue weighted by Crippen LogP contribution is 2.31. The molecule has 7 nitrogen and oxygen atoms in total. The monoisotopic (exact) mass is 467 g/mol. The summed E-state index contributed by atoms with van der Waals surface area (Å²) in [7, 11) is 1.58. The van der Waals surface area contributed by atoms with Crippen LogP contribution in [-0.4, -0.2) is 32.3 Å². The summed E-state index contributed by atoms with van der Waals surface area (Å²) in [4.78, 5) is 17.2. The molecule has 0 aliphatic heterocycles. The minimum absolute atomic E-state index is 0.155. The third kappa shape index (κ3) is 4.54. The maximum absolute atomic E-state index is 14.6. The number of aromatic nitrogens is 4. The lowest BCUT2D eigenvalue weighted by Gasteiger charge is -2.10. The molecule has 0 fully saturated rings. The molecule has 0 atom stereocenters. The molecule has 0 radical (unpaired) electrons. The Morgan fingerprint density at radius 2 is 1.86 bits per heavy atom. The van der Waals surface area contributed by atoms with Crippen LogP contribution in [0.25, 0.3) is 22.6 Å². The van der Waals surface area contributed by atoms with Gasteiger partial charge in [-0.2, -0.15) is 5.10 Å². The van der Waals surface area contributed by atoms with Gasteiger partial charge in [0.05, 0.1) is 30.4 Å². The molecule has 0 saturated heterocycles. The molecule has 0 unspecified atom stereocenters. The van der Waals surface area contributed by atoms with Gasteiger partial charge in [0.1, 0.15) is 17.3 Å². The molecule has 0 aliphatic carbocycles. The number of benzene rings is 3. The van der Waals surface area contributed by atoms with E-state index in [0.717, 1.165) is 5.69 Å². The van der Waals surface area contributed by atoms with E-state index in [-0.39, 0.29) is 12.5 Å². The number of halogens is 1. The summed E-state index contributed by atoms with van der Waals surface area (Å²) in [6.45, 7) is 0.155. The van der Waals surface area contributed by atoms with Crippen LogP contribution in [0.5, 0.6) is 5.75 Å². The Morgan fingerprint density at radius 1 is 1.06 bits per heavy atom. The largest absolute Gasteiger partial charge is 0.496 e. The fourth-order valence-corrected chi connectivity index (χ4v) is 3.84. The zero-order valence-corrected chi connectivity index (χ0v) is 18.9. The van der Waals surface area contributed by atoms with Crippen molar-refractivity contribution < 1.29 is 13.9 Å². The van der Waals surface area contributed by atoms with Gasteiger partial charge in [-0.25, -0.2) is 14.1 Å². The second-order valence-corrected chi connectivity index (χ2v) is 7.81. The van der Waals surface area contributed by atoms with E-state index in [1.165, 1.54) is 12.4 Å². The molecule has 0 aliphatic rings. The highest BCUT2D eigenvalue weighted by molar-refractivity contribution is 6.00. The summed E-state index contributed by atoms with van der Waals surface area (Å²) >= 11 is 0. The Morgan fingerprint density at radius 3 is 2.60 bits per heavy atom. The fourth-order valence-electron chi connectivity index (χ4n) is 3.84. The molecule has 2 heterocycles. The molecule has 0 spiro atoms. The second kappa shape index (κ2) is 9.64. The van der Waals surface area contributed by atoms with E-state index in [4.69, 9.17) is 9.84 Å². The first-order valence-corrected chi connectivity index (χ1v) is 11.0. The number of nitrogens with zero attached hydrogens (tertiary/aromatic N) is 4. The van der Waals surface area contributed by atoms with E-state index in [1.807, 2.05) is 54.6 Å². The van der Waals surface area contributed by atoms with Crippen molar-refractivity contribution in [2.45, 2.75) is 6.54 Å². The summed E-state index contributed by atoms with van der Waals surface area (Å²) in [5.41, 5.74) is 3.42. The van der Waals surface area contributed by atoms with Crippen molar-refractivity contribution in [3.8, 4) is 28.4 Å². The van der Waals surface area contributed by atoms with Gasteiger partial charge in [0.25, 0.3) is 5.91 Å². The first-order chi connectivity index (χ1) is 17.1. The minimum Gasteiger partial charge on any atom is -0.496 e. The van der Waals surface area contributed by atoms with Crippen molar-refractivity contribution in [3.63, 3.8) is 0 Å². The van der Waals surface area contributed by atoms with Gasteiger partial charge >= 0.3 is 0 Å². The number of imidazole rings is 1. The van der Waals surface area contributed by atoms with Gasteiger partial charge in [0, 0.05) is 30.7 Å². The molecular formula is C27H22FN5O2. The molecular weight excluding hydrogens is 445 g/mol. The zero-order chi connectivity index (χ0) is 24.2. The van der Waals surface area contributed by atoms with Crippen LogP contribution < -0.4 is 10.1 Å². The number of nitrogens with one attached hydrogen (secondary N) is 1. The van der Waals surface area contributed by atoms with Crippen LogP contribution in [0.1, 0.15) is 15.9 Å². The summed E-state index contributed by atoms with van der Waals surface area (Å²) in [6.07, 6.45) is 6.48. The van der Waals surface area contributed by atoms with Crippen molar-refractivity contribution in [1.29, 1.82) is 0 Å². The van der Waals surface area contributed by atoms with Crippen LogP contribution in [0.3, 0.4) is 0 Å². The van der Waals surface area contributed by atoms with Gasteiger partial charge in [-0.15, -0.1) is 0 Å². The standard InChI is InChI=1S/C27H22FN5O2/c1-35-25-10-6-5-9-21(25)26-22(17-33(31-26)20-7-3-2-4-8-20)27(34)30-16-19-11-12-24(23(28)15-19)32-14-13-29-18-32/h2-15,17-18H,16H2,1H3,(H,30,34). The Hall–Kier alpha value is -4.72. The molecule has 5 rings (SSSR count). The van der Waals surface area contributed by atoms with Gasteiger partial charge in [0.15, 0.2) is 0 Å². The fraction of sp³-hybridized carbons (Fsp3) is 0.0741. The average Bonchev–Trinajstić information content (AvgIpc) is 3.59. The number of methoxy groups -OCH3 is 1. The number of ether oxygens (including phenoxy) is 1. The molecule has 1 amide bonds. The number of amides is 1. The number of hydrogen-bond acceptors (Lipinski definition) is 4. The average molecular weight is 468 g/mol. The zero-order valence-electron chi connectivity index (χ0n) is 18.9. The van der Waals surface area contributed by atoms with Crippen LogP contribution >= 0.6 is 0 Å². The molecule has 174 valence electrons. The number of para-hydroxylation sites is 2. The van der Waals surface area contributed by atoms with Crippen LogP contribution in [0.15, 0.2) is 97.7 Å².